The average molecular weight is 284 g/mol. The van der Waals surface area contributed by atoms with Crippen molar-refractivity contribution in [1.29, 1.82) is 0 Å². The number of imidazole rings is 1. The summed E-state index contributed by atoms with van der Waals surface area (Å²) < 4.78 is 7.43. The Labute approximate surface area is 121 Å². The first-order chi connectivity index (χ1) is 10.2. The van der Waals surface area contributed by atoms with Crippen LogP contribution in [0.2, 0.25) is 0 Å². The summed E-state index contributed by atoms with van der Waals surface area (Å²) in [6.45, 7) is 2.76. The molecule has 2 heterocycles. The van der Waals surface area contributed by atoms with Gasteiger partial charge in [-0.2, -0.15) is 0 Å². The standard InChI is InChI=1S/C16H16N2O3/c1-2-15-17-13-6-5-11(16(19)20)10-14(13)18(15)8-7-12-4-3-9-21-12/h3-6,9-10H,2,7-8H2,1H3,(H,19,20). The number of aromatic carboxylic acids is 1. The van der Waals surface area contributed by atoms with Crippen LogP contribution in [-0.4, -0.2) is 20.6 Å². The molecule has 0 aliphatic carbocycles. The molecular weight excluding hydrogens is 268 g/mol. The number of carbonyl (C=O) groups is 1. The number of carboxylic acids is 1. The Bertz CT molecular complexity index is 772. The van der Waals surface area contributed by atoms with E-state index in [0.717, 1.165) is 42.0 Å². The maximum atomic E-state index is 11.1. The normalized spacial score (nSPS) is 11.1. The molecule has 0 amide bonds. The molecule has 1 aromatic carbocycles. The molecule has 108 valence electrons. The molecule has 0 bridgehead atoms. The van der Waals surface area contributed by atoms with Crippen molar-refractivity contribution < 1.29 is 14.3 Å². The van der Waals surface area contributed by atoms with Gasteiger partial charge in [-0.1, -0.05) is 6.92 Å². The lowest BCUT2D eigenvalue weighted by Gasteiger charge is -2.07. The second-order valence-electron chi connectivity index (χ2n) is 4.87. The van der Waals surface area contributed by atoms with Gasteiger partial charge in [0.15, 0.2) is 0 Å². The molecule has 0 unspecified atom stereocenters. The second-order valence-corrected chi connectivity index (χ2v) is 4.87. The summed E-state index contributed by atoms with van der Waals surface area (Å²) in [6.07, 6.45) is 3.21. The lowest BCUT2D eigenvalue weighted by atomic mass is 10.2. The molecule has 21 heavy (non-hydrogen) atoms. The molecular formula is C16H16N2O3. The van der Waals surface area contributed by atoms with Crippen LogP contribution in [0.25, 0.3) is 11.0 Å². The zero-order chi connectivity index (χ0) is 14.8. The summed E-state index contributed by atoms with van der Waals surface area (Å²) in [7, 11) is 0. The first kappa shape index (κ1) is 13.4. The highest BCUT2D eigenvalue weighted by molar-refractivity contribution is 5.92. The van der Waals surface area contributed by atoms with Crippen molar-refractivity contribution in [2.75, 3.05) is 0 Å². The molecule has 0 radical (unpaired) electrons. The molecule has 0 saturated carbocycles. The van der Waals surface area contributed by atoms with E-state index in [1.807, 2.05) is 19.1 Å². The van der Waals surface area contributed by atoms with Crippen molar-refractivity contribution in [1.82, 2.24) is 9.55 Å². The van der Waals surface area contributed by atoms with Crippen LogP contribution in [0, 0.1) is 0 Å². The Morgan fingerprint density at radius 1 is 1.38 bits per heavy atom. The van der Waals surface area contributed by atoms with E-state index < -0.39 is 5.97 Å². The fourth-order valence-electron chi connectivity index (χ4n) is 2.50. The van der Waals surface area contributed by atoms with Gasteiger partial charge in [0, 0.05) is 19.4 Å². The Morgan fingerprint density at radius 2 is 2.24 bits per heavy atom. The number of nitrogens with zero attached hydrogens (tertiary/aromatic N) is 2. The van der Waals surface area contributed by atoms with Crippen molar-refractivity contribution in [2.45, 2.75) is 26.3 Å². The van der Waals surface area contributed by atoms with Crippen LogP contribution in [0.3, 0.4) is 0 Å². The minimum absolute atomic E-state index is 0.282. The van der Waals surface area contributed by atoms with Crippen LogP contribution in [0.4, 0.5) is 0 Å². The number of carboxylic acid groups (broad SMARTS) is 1. The minimum atomic E-state index is -0.922. The van der Waals surface area contributed by atoms with Gasteiger partial charge in [0.05, 0.1) is 22.9 Å². The number of rotatable bonds is 5. The number of hydrogen-bond donors (Lipinski definition) is 1. The molecule has 3 rings (SSSR count). The highest BCUT2D eigenvalue weighted by atomic mass is 16.4. The van der Waals surface area contributed by atoms with Gasteiger partial charge >= 0.3 is 5.97 Å². The predicted molar refractivity (Wildman–Crippen MR) is 78.5 cm³/mol. The Balaban J connectivity index is 2.00. The average Bonchev–Trinajstić information content (AvgIpc) is 3.11. The van der Waals surface area contributed by atoms with E-state index in [1.54, 1.807) is 24.5 Å². The smallest absolute Gasteiger partial charge is 0.335 e. The lowest BCUT2D eigenvalue weighted by molar-refractivity contribution is 0.0697. The van der Waals surface area contributed by atoms with Crippen molar-refractivity contribution in [3.05, 3.63) is 53.7 Å². The number of aryl methyl sites for hydroxylation is 3. The van der Waals surface area contributed by atoms with Gasteiger partial charge in [-0.15, -0.1) is 0 Å². The lowest BCUT2D eigenvalue weighted by Crippen LogP contribution is -2.06. The number of fused-ring (bicyclic) bond motifs is 1. The van der Waals surface area contributed by atoms with Crippen molar-refractivity contribution in [2.24, 2.45) is 0 Å². The van der Waals surface area contributed by atoms with Crippen LogP contribution in [-0.2, 0) is 19.4 Å². The molecule has 2 aromatic heterocycles. The van der Waals surface area contributed by atoms with Crippen molar-refractivity contribution in [3.8, 4) is 0 Å². The van der Waals surface area contributed by atoms with Gasteiger partial charge in [-0.25, -0.2) is 9.78 Å². The Hall–Kier alpha value is -2.56. The SMILES string of the molecule is CCc1nc2ccc(C(=O)O)cc2n1CCc1ccco1. The molecule has 5 heteroatoms. The summed E-state index contributed by atoms with van der Waals surface area (Å²) in [5.74, 6) is 0.945. The molecule has 0 aliphatic heterocycles. The monoisotopic (exact) mass is 284 g/mol. The third-order valence-electron chi connectivity index (χ3n) is 3.55. The Morgan fingerprint density at radius 3 is 2.90 bits per heavy atom. The zero-order valence-electron chi connectivity index (χ0n) is 11.7. The van der Waals surface area contributed by atoms with Gasteiger partial charge in [-0.05, 0) is 30.3 Å². The summed E-state index contributed by atoms with van der Waals surface area (Å²) in [5, 5.41) is 9.13. The van der Waals surface area contributed by atoms with E-state index in [0.29, 0.717) is 0 Å². The Kier molecular flexibility index (Phi) is 3.48. The minimum Gasteiger partial charge on any atom is -0.478 e. The van der Waals surface area contributed by atoms with Crippen LogP contribution in [0.5, 0.6) is 0 Å². The predicted octanol–water partition coefficient (Wildman–Crippen LogP) is 3.13. The van der Waals surface area contributed by atoms with Crippen LogP contribution >= 0.6 is 0 Å². The molecule has 0 spiro atoms. The summed E-state index contributed by atoms with van der Waals surface area (Å²) in [5.41, 5.74) is 1.97. The molecule has 1 N–H and O–H groups in total. The van der Waals surface area contributed by atoms with E-state index in [-0.39, 0.29) is 5.56 Å². The van der Waals surface area contributed by atoms with E-state index in [9.17, 15) is 4.79 Å². The topological polar surface area (TPSA) is 68.3 Å². The highest BCUT2D eigenvalue weighted by Gasteiger charge is 2.12. The van der Waals surface area contributed by atoms with Crippen LogP contribution in [0.1, 0.15) is 28.9 Å². The summed E-state index contributed by atoms with van der Waals surface area (Å²) >= 11 is 0. The summed E-state index contributed by atoms with van der Waals surface area (Å²) in [4.78, 5) is 15.7. The van der Waals surface area contributed by atoms with Crippen LogP contribution < -0.4 is 0 Å². The van der Waals surface area contributed by atoms with Crippen LogP contribution in [0.15, 0.2) is 41.0 Å². The number of furan rings is 1. The maximum Gasteiger partial charge on any atom is 0.335 e. The fraction of sp³-hybridized carbons (Fsp3) is 0.250. The molecule has 0 saturated heterocycles. The third-order valence-corrected chi connectivity index (χ3v) is 3.55. The molecule has 0 atom stereocenters. The number of aromatic nitrogens is 2. The number of benzene rings is 1. The third kappa shape index (κ3) is 2.54. The first-order valence-corrected chi connectivity index (χ1v) is 6.94. The van der Waals surface area contributed by atoms with E-state index in [1.165, 1.54) is 0 Å². The second kappa shape index (κ2) is 5.44. The van der Waals surface area contributed by atoms with E-state index in [2.05, 4.69) is 9.55 Å². The van der Waals surface area contributed by atoms with Crippen molar-refractivity contribution in [3.63, 3.8) is 0 Å². The first-order valence-electron chi connectivity index (χ1n) is 6.94. The largest absolute Gasteiger partial charge is 0.478 e. The van der Waals surface area contributed by atoms with Gasteiger partial charge < -0.3 is 14.1 Å². The van der Waals surface area contributed by atoms with Gasteiger partial charge in [-0.3, -0.25) is 0 Å². The molecule has 0 fully saturated rings. The zero-order valence-corrected chi connectivity index (χ0v) is 11.7. The van der Waals surface area contributed by atoms with E-state index >= 15 is 0 Å². The van der Waals surface area contributed by atoms with Gasteiger partial charge in [0.1, 0.15) is 11.6 Å². The van der Waals surface area contributed by atoms with Crippen molar-refractivity contribution >= 4 is 17.0 Å². The van der Waals surface area contributed by atoms with E-state index in [4.69, 9.17) is 9.52 Å². The fourth-order valence-corrected chi connectivity index (χ4v) is 2.50. The quantitative estimate of drug-likeness (QED) is 0.781. The number of hydrogen-bond acceptors (Lipinski definition) is 3. The molecule has 5 nitrogen and oxygen atoms in total. The van der Waals surface area contributed by atoms with Gasteiger partial charge in [0.25, 0.3) is 0 Å². The maximum absolute atomic E-state index is 11.1. The molecule has 0 aliphatic rings. The molecule has 3 aromatic rings. The summed E-state index contributed by atoms with van der Waals surface area (Å²) in [6, 6.07) is 8.85. The highest BCUT2D eigenvalue weighted by Crippen LogP contribution is 2.19. The van der Waals surface area contributed by atoms with Gasteiger partial charge in [0.2, 0.25) is 0 Å².